The van der Waals surface area contributed by atoms with E-state index in [0.29, 0.717) is 55.6 Å². The Hall–Kier alpha value is -3.57. The Labute approximate surface area is 218 Å². The van der Waals surface area contributed by atoms with Crippen LogP contribution in [0.3, 0.4) is 0 Å². The number of aryl methyl sites for hydroxylation is 1. The van der Waals surface area contributed by atoms with E-state index < -0.39 is 5.41 Å². The summed E-state index contributed by atoms with van der Waals surface area (Å²) in [4.78, 5) is 20.3. The first kappa shape index (κ1) is 25.5. The van der Waals surface area contributed by atoms with Crippen molar-refractivity contribution in [1.29, 1.82) is 0 Å². The van der Waals surface area contributed by atoms with Crippen molar-refractivity contribution in [3.63, 3.8) is 0 Å². The minimum absolute atomic E-state index is 0.0975. The van der Waals surface area contributed by atoms with Gasteiger partial charge >= 0.3 is 0 Å². The summed E-state index contributed by atoms with van der Waals surface area (Å²) in [5, 5.41) is 3.87. The fourth-order valence-electron chi connectivity index (χ4n) is 4.81. The maximum Gasteiger partial charge on any atom is 0.226 e. The number of carbonyl (C=O) groups is 1. The van der Waals surface area contributed by atoms with Crippen LogP contribution in [0.5, 0.6) is 0 Å². The highest BCUT2D eigenvalue weighted by atomic mass is 35.5. The molecule has 6 heteroatoms. The monoisotopic (exact) mass is 500 g/mol. The molecule has 0 bridgehead atoms. The molecule has 0 aromatic heterocycles. The number of piperidine rings is 1. The Bertz CT molecular complexity index is 1230. The van der Waals surface area contributed by atoms with Crippen molar-refractivity contribution in [2.45, 2.75) is 32.7 Å². The van der Waals surface area contributed by atoms with Gasteiger partial charge in [-0.05, 0) is 61.1 Å². The Morgan fingerprint density at radius 2 is 1.64 bits per heavy atom. The Balaban J connectivity index is 1.47. The van der Waals surface area contributed by atoms with Gasteiger partial charge in [-0.25, -0.2) is 4.99 Å². The number of benzene rings is 3. The van der Waals surface area contributed by atoms with E-state index in [1.165, 1.54) is 5.56 Å². The Morgan fingerprint density at radius 1 is 1.03 bits per heavy atom. The predicted molar refractivity (Wildman–Crippen MR) is 148 cm³/mol. The molecule has 0 saturated carbocycles. The van der Waals surface area contributed by atoms with E-state index >= 15 is 0 Å². The molecule has 36 heavy (non-hydrogen) atoms. The zero-order chi connectivity index (χ0) is 25.5. The molecule has 0 unspecified atom stereocenters. The van der Waals surface area contributed by atoms with Crippen molar-refractivity contribution in [3.8, 4) is 0 Å². The third-order valence-electron chi connectivity index (χ3n) is 6.96. The second-order valence-electron chi connectivity index (χ2n) is 9.47. The van der Waals surface area contributed by atoms with Gasteiger partial charge in [-0.3, -0.25) is 4.79 Å². The molecule has 3 N–H and O–H groups in total. The number of nitrogens with one attached hydrogen (secondary N) is 1. The molecule has 1 amide bonds. The van der Waals surface area contributed by atoms with Crippen molar-refractivity contribution in [3.05, 3.63) is 119 Å². The van der Waals surface area contributed by atoms with Crippen LogP contribution in [0.1, 0.15) is 35.1 Å². The van der Waals surface area contributed by atoms with Gasteiger partial charge in [-0.2, -0.15) is 0 Å². The Kier molecular flexibility index (Phi) is 8.11. The average Bonchev–Trinajstić information content (AvgIpc) is 2.88. The minimum atomic E-state index is -0.491. The first-order valence-corrected chi connectivity index (χ1v) is 12.6. The molecule has 1 heterocycles. The lowest BCUT2D eigenvalue weighted by Gasteiger charge is -2.41. The molecular formula is C30H33ClN4O. The number of hydrogen-bond donors (Lipinski definition) is 2. The fourth-order valence-corrected chi connectivity index (χ4v) is 5.04. The third kappa shape index (κ3) is 6.16. The lowest BCUT2D eigenvalue weighted by Crippen LogP contribution is -2.49. The van der Waals surface area contributed by atoms with Crippen LogP contribution in [0, 0.1) is 12.3 Å². The summed E-state index contributed by atoms with van der Waals surface area (Å²) in [5.41, 5.74) is 9.88. The molecule has 3 aromatic carbocycles. The number of amides is 1. The Morgan fingerprint density at radius 3 is 2.25 bits per heavy atom. The maximum absolute atomic E-state index is 13.6. The molecule has 5 nitrogen and oxygen atoms in total. The van der Waals surface area contributed by atoms with Crippen molar-refractivity contribution in [2.24, 2.45) is 16.1 Å². The summed E-state index contributed by atoms with van der Waals surface area (Å²) in [6, 6.07) is 25.8. The first-order chi connectivity index (χ1) is 17.4. The molecule has 4 rings (SSSR count). The van der Waals surface area contributed by atoms with E-state index in [1.807, 2.05) is 73.7 Å². The third-order valence-corrected chi connectivity index (χ3v) is 7.20. The van der Waals surface area contributed by atoms with E-state index in [0.717, 1.165) is 16.7 Å². The molecular weight excluding hydrogens is 468 g/mol. The number of nitrogens with two attached hydrogens (primary N) is 1. The van der Waals surface area contributed by atoms with E-state index in [2.05, 4.69) is 33.9 Å². The zero-order valence-electron chi connectivity index (χ0n) is 20.7. The number of carbonyl (C=O) groups excluding carboxylic acids is 1. The van der Waals surface area contributed by atoms with E-state index in [9.17, 15) is 4.79 Å². The SMILES string of the molecule is C=C(/N=C(/N)c1ccc(Cl)cc1C)N1CCC(Cc2ccccc2)(C(=O)NCc2ccccc2)CC1. The van der Waals surface area contributed by atoms with Crippen LogP contribution in [-0.2, 0) is 17.8 Å². The molecule has 1 saturated heterocycles. The van der Waals surface area contributed by atoms with Gasteiger partial charge in [0.25, 0.3) is 0 Å². The summed E-state index contributed by atoms with van der Waals surface area (Å²) >= 11 is 6.08. The number of nitrogens with zero attached hydrogens (tertiary/aromatic N) is 2. The van der Waals surface area contributed by atoms with Crippen molar-refractivity contribution >= 4 is 23.3 Å². The molecule has 0 aliphatic carbocycles. The maximum atomic E-state index is 13.6. The van der Waals surface area contributed by atoms with Crippen LogP contribution >= 0.6 is 11.6 Å². The normalized spacial score (nSPS) is 15.4. The number of aliphatic imine (C=N–C) groups is 1. The van der Waals surface area contributed by atoms with Crippen molar-refractivity contribution < 1.29 is 4.79 Å². The first-order valence-electron chi connectivity index (χ1n) is 12.3. The molecule has 0 radical (unpaired) electrons. The summed E-state index contributed by atoms with van der Waals surface area (Å²) in [5.74, 6) is 1.12. The number of halogens is 1. The summed E-state index contributed by atoms with van der Waals surface area (Å²) in [7, 11) is 0. The van der Waals surface area contributed by atoms with Gasteiger partial charge in [0, 0.05) is 30.2 Å². The summed E-state index contributed by atoms with van der Waals surface area (Å²) < 4.78 is 0. The smallest absolute Gasteiger partial charge is 0.226 e. The van der Waals surface area contributed by atoms with Crippen LogP contribution in [-0.4, -0.2) is 29.7 Å². The highest BCUT2D eigenvalue weighted by Gasteiger charge is 2.41. The molecule has 0 spiro atoms. The summed E-state index contributed by atoms with van der Waals surface area (Å²) in [6.07, 6.45) is 2.11. The van der Waals surface area contributed by atoms with Crippen molar-refractivity contribution in [1.82, 2.24) is 10.2 Å². The van der Waals surface area contributed by atoms with Gasteiger partial charge in [0.2, 0.25) is 5.91 Å². The van der Waals surface area contributed by atoms with Gasteiger partial charge < -0.3 is 16.0 Å². The van der Waals surface area contributed by atoms with Crippen LogP contribution in [0.4, 0.5) is 0 Å². The molecule has 3 aromatic rings. The molecule has 186 valence electrons. The number of amidine groups is 1. The zero-order valence-corrected chi connectivity index (χ0v) is 21.5. The van der Waals surface area contributed by atoms with Gasteiger partial charge in [0.05, 0.1) is 5.41 Å². The van der Waals surface area contributed by atoms with Gasteiger partial charge in [-0.1, -0.05) is 78.8 Å². The van der Waals surface area contributed by atoms with E-state index in [-0.39, 0.29) is 5.91 Å². The molecule has 1 aliphatic heterocycles. The van der Waals surface area contributed by atoms with Crippen LogP contribution in [0.25, 0.3) is 0 Å². The highest BCUT2D eigenvalue weighted by Crippen LogP contribution is 2.37. The van der Waals surface area contributed by atoms with Gasteiger partial charge in [0.1, 0.15) is 11.7 Å². The quantitative estimate of drug-likeness (QED) is 0.318. The van der Waals surface area contributed by atoms with E-state index in [1.54, 1.807) is 0 Å². The van der Waals surface area contributed by atoms with Crippen LogP contribution in [0.2, 0.25) is 5.02 Å². The standard InChI is InChI=1S/C30H33ClN4O/c1-22-19-26(31)13-14-27(22)28(32)34-23(2)35-17-15-30(16-18-35,20-24-9-5-3-6-10-24)29(36)33-21-25-11-7-4-8-12-25/h3-14,19H,2,15-18,20-21H2,1H3,(H2,32,34)(H,33,36). The second-order valence-corrected chi connectivity index (χ2v) is 9.91. The lowest BCUT2D eigenvalue weighted by atomic mass is 9.73. The molecule has 1 fully saturated rings. The molecule has 1 aliphatic rings. The van der Waals surface area contributed by atoms with Gasteiger partial charge in [-0.15, -0.1) is 0 Å². The van der Waals surface area contributed by atoms with Crippen LogP contribution in [0.15, 0.2) is 96.3 Å². The lowest BCUT2D eigenvalue weighted by molar-refractivity contribution is -0.133. The van der Waals surface area contributed by atoms with Gasteiger partial charge in [0.15, 0.2) is 0 Å². The topological polar surface area (TPSA) is 70.7 Å². The number of likely N-dealkylation sites (tertiary alicyclic amines) is 1. The highest BCUT2D eigenvalue weighted by molar-refractivity contribution is 6.30. The predicted octanol–water partition coefficient (Wildman–Crippen LogP) is 5.47. The number of rotatable bonds is 8. The number of hydrogen-bond acceptors (Lipinski definition) is 3. The minimum Gasteiger partial charge on any atom is -0.383 e. The molecule has 0 atom stereocenters. The average molecular weight is 501 g/mol. The second kappa shape index (κ2) is 11.4. The summed E-state index contributed by atoms with van der Waals surface area (Å²) in [6.45, 7) is 8.02. The van der Waals surface area contributed by atoms with Crippen LogP contribution < -0.4 is 11.1 Å². The fraction of sp³-hybridized carbons (Fsp3) is 0.267. The largest absolute Gasteiger partial charge is 0.383 e. The van der Waals surface area contributed by atoms with E-state index in [4.69, 9.17) is 17.3 Å². The van der Waals surface area contributed by atoms with Crippen molar-refractivity contribution in [2.75, 3.05) is 13.1 Å².